The Morgan fingerprint density at radius 2 is 1.33 bits per heavy atom. The van der Waals surface area contributed by atoms with E-state index in [1.807, 2.05) is 0 Å². The van der Waals surface area contributed by atoms with Crippen molar-refractivity contribution in [1.29, 1.82) is 0 Å². The van der Waals surface area contributed by atoms with Gasteiger partial charge < -0.3 is 17.5 Å². The van der Waals surface area contributed by atoms with E-state index in [2.05, 4.69) is 0 Å². The van der Waals surface area contributed by atoms with Gasteiger partial charge in [-0.05, 0) is 6.92 Å². The van der Waals surface area contributed by atoms with Crippen molar-refractivity contribution in [3.63, 3.8) is 0 Å². The Balaban J connectivity index is -0.0000000233. The molecule has 1 nitrogen and oxygen atoms in total. The van der Waals surface area contributed by atoms with Gasteiger partial charge in [-0.2, -0.15) is 0 Å². The van der Waals surface area contributed by atoms with Gasteiger partial charge in [0.05, 0.1) is 0 Å². The molecule has 0 bridgehead atoms. The first-order valence-corrected chi connectivity index (χ1v) is 8.04. The van der Waals surface area contributed by atoms with Crippen LogP contribution in [-0.4, -0.2) is 11.7 Å². The molecular weight excluding hydrogens is 253 g/mol. The van der Waals surface area contributed by atoms with E-state index in [1.165, 1.54) is 0 Å². The van der Waals surface area contributed by atoms with Crippen molar-refractivity contribution >= 4 is 27.9 Å². The molecule has 1 N–H and O–H groups in total. The van der Waals surface area contributed by atoms with Crippen LogP contribution in [0.25, 0.3) is 0 Å². The summed E-state index contributed by atoms with van der Waals surface area (Å²) in [5.41, 5.74) is 0. The zero-order chi connectivity index (χ0) is 6.28. The van der Waals surface area contributed by atoms with Gasteiger partial charge in [0.15, 0.2) is 0 Å². The molecule has 0 saturated heterocycles. The van der Waals surface area contributed by atoms with Crippen molar-refractivity contribution in [3.05, 3.63) is 0 Å². The minimum absolute atomic E-state index is 0. The molecule has 9 heavy (non-hydrogen) atoms. The summed E-state index contributed by atoms with van der Waals surface area (Å²) in [7, 11) is 14.9. The fraction of sp³-hybridized carbons (Fsp3) is 1.00. The Morgan fingerprint density at radius 1 is 1.33 bits per heavy atom. The van der Waals surface area contributed by atoms with Crippen LogP contribution in [0.4, 0.5) is 0 Å². The van der Waals surface area contributed by atoms with Crippen LogP contribution in [-0.2, 0) is 14.7 Å². The number of hydrogen-bond acceptors (Lipinski definition) is 1. The summed E-state index contributed by atoms with van der Waals surface area (Å²) < 4.78 is 0. The van der Waals surface area contributed by atoms with E-state index in [0.29, 0.717) is 0 Å². The molecule has 0 aliphatic carbocycles. The number of rotatable bonds is 0. The monoisotopic (exact) mass is 257 g/mol. The molecule has 0 amide bonds. The predicted molar refractivity (Wildman–Crippen MR) is 30.3 cm³/mol. The van der Waals surface area contributed by atoms with Gasteiger partial charge in [-0.25, -0.2) is 0 Å². The standard InChI is InChI=1S/C2H6O.4ClH.Na.Ti/c1-2-3;;;;;;/h3H,2H2,1H3;4*1H;;/q;;;;;+1;+3/p-4. The molecule has 0 radical (unpaired) electrons. The van der Waals surface area contributed by atoms with Crippen molar-refractivity contribution < 1.29 is 61.8 Å². The summed E-state index contributed by atoms with van der Waals surface area (Å²) in [6, 6.07) is 0. The first-order chi connectivity index (χ1) is 3.15. The van der Waals surface area contributed by atoms with Crippen molar-refractivity contribution in [1.82, 2.24) is 0 Å². The van der Waals surface area contributed by atoms with E-state index < -0.39 is 14.7 Å². The SMILES string of the molecule is CCO.[Cl-].[Cl][Ti]([Cl])[Cl].[Na+]. The molecule has 0 fully saturated rings. The van der Waals surface area contributed by atoms with E-state index >= 15 is 0 Å². The quantitative estimate of drug-likeness (QED) is 0.440. The van der Waals surface area contributed by atoms with Crippen molar-refractivity contribution in [2.75, 3.05) is 6.61 Å². The normalized spacial score (nSPS) is 5.00. The number of hydrogen-bond donors (Lipinski definition) is 1. The summed E-state index contributed by atoms with van der Waals surface area (Å²) in [6.07, 6.45) is 0. The topological polar surface area (TPSA) is 20.2 Å². The van der Waals surface area contributed by atoms with Crippen LogP contribution in [0, 0.1) is 0 Å². The van der Waals surface area contributed by atoms with Crippen LogP contribution >= 0.6 is 27.9 Å². The maximum absolute atomic E-state index is 7.57. The Kier molecular flexibility index (Phi) is 56.4. The molecule has 0 aliphatic heterocycles. The Bertz CT molecular complexity index is 29.8. The van der Waals surface area contributed by atoms with Crippen LogP contribution in [0.1, 0.15) is 6.92 Å². The number of aliphatic hydroxyl groups excluding tert-OH is 1. The zero-order valence-electron chi connectivity index (χ0n) is 5.17. The third-order valence-corrected chi connectivity index (χ3v) is 0. The van der Waals surface area contributed by atoms with Crippen LogP contribution in [0.5, 0.6) is 0 Å². The molecule has 53 valence electrons. The molecule has 0 aromatic rings. The number of aliphatic hydroxyl groups is 1. The van der Waals surface area contributed by atoms with Gasteiger partial charge in [-0.15, -0.1) is 0 Å². The van der Waals surface area contributed by atoms with Gasteiger partial charge in [0.25, 0.3) is 0 Å². The molecule has 0 aromatic carbocycles. The van der Waals surface area contributed by atoms with Crippen LogP contribution in [0.2, 0.25) is 0 Å². The van der Waals surface area contributed by atoms with Crippen molar-refractivity contribution in [3.8, 4) is 0 Å². The third kappa shape index (κ3) is 105. The molecular formula is C2H6Cl4NaOTi. The molecule has 0 aliphatic rings. The summed E-state index contributed by atoms with van der Waals surface area (Å²) in [5, 5.41) is 7.57. The largest absolute Gasteiger partial charge is 1.00 e. The minimum Gasteiger partial charge on any atom is 1.00 e. The van der Waals surface area contributed by atoms with Crippen molar-refractivity contribution in [2.24, 2.45) is 0 Å². The average Bonchev–Trinajstić information content (AvgIpc) is 1.33. The van der Waals surface area contributed by atoms with E-state index in [0.717, 1.165) is 0 Å². The third-order valence-electron chi connectivity index (χ3n) is 0. The minimum atomic E-state index is -1.92. The summed E-state index contributed by atoms with van der Waals surface area (Å²) in [5.74, 6) is 0. The summed E-state index contributed by atoms with van der Waals surface area (Å²) in [6.45, 7) is 1.93. The molecule has 0 heterocycles. The van der Waals surface area contributed by atoms with Gasteiger partial charge in [-0.3, -0.25) is 0 Å². The zero-order valence-corrected chi connectivity index (χ0v) is 11.8. The van der Waals surface area contributed by atoms with Crippen LogP contribution in [0.3, 0.4) is 0 Å². The van der Waals surface area contributed by atoms with Crippen LogP contribution in [0.15, 0.2) is 0 Å². The van der Waals surface area contributed by atoms with E-state index in [9.17, 15) is 0 Å². The van der Waals surface area contributed by atoms with Gasteiger partial charge in [0.1, 0.15) is 0 Å². The molecule has 0 rings (SSSR count). The molecule has 7 heteroatoms. The summed E-state index contributed by atoms with van der Waals surface area (Å²) in [4.78, 5) is 0. The summed E-state index contributed by atoms with van der Waals surface area (Å²) >= 11 is -1.92. The van der Waals surface area contributed by atoms with Gasteiger partial charge >= 0.3 is 72.2 Å². The molecule has 0 spiro atoms. The second-order valence-electron chi connectivity index (χ2n) is 0.531. The average molecular weight is 259 g/mol. The Hall–Kier alpha value is 2.83. The Labute approximate surface area is 102 Å². The maximum atomic E-state index is 7.57. The first-order valence-electron chi connectivity index (χ1n) is 1.59. The molecule has 0 atom stereocenters. The van der Waals surface area contributed by atoms with E-state index in [1.54, 1.807) is 6.92 Å². The number of halogens is 4. The maximum Gasteiger partial charge on any atom is 1.00 e. The molecule has 0 saturated carbocycles. The smallest absolute Gasteiger partial charge is 1.00 e. The second-order valence-corrected chi connectivity index (χ2v) is 8.27. The molecule has 0 aromatic heterocycles. The fourth-order valence-corrected chi connectivity index (χ4v) is 0. The predicted octanol–water partition coefficient (Wildman–Crippen LogP) is -3.93. The Morgan fingerprint density at radius 3 is 1.33 bits per heavy atom. The van der Waals surface area contributed by atoms with E-state index in [-0.39, 0.29) is 48.6 Å². The van der Waals surface area contributed by atoms with Crippen molar-refractivity contribution in [2.45, 2.75) is 6.92 Å². The van der Waals surface area contributed by atoms with Crippen LogP contribution < -0.4 is 42.0 Å². The fourth-order valence-electron chi connectivity index (χ4n) is 0. The van der Waals surface area contributed by atoms with Gasteiger partial charge in [0, 0.05) is 6.61 Å². The second kappa shape index (κ2) is 22.4. The van der Waals surface area contributed by atoms with E-state index in [4.69, 9.17) is 33.0 Å². The van der Waals surface area contributed by atoms with Gasteiger partial charge in [0.2, 0.25) is 0 Å². The molecule has 0 unspecified atom stereocenters. The first kappa shape index (κ1) is 22.6. The van der Waals surface area contributed by atoms with Gasteiger partial charge in [-0.1, -0.05) is 0 Å².